The summed E-state index contributed by atoms with van der Waals surface area (Å²) in [4.78, 5) is 14.4. The number of nitro groups is 1. The Balaban J connectivity index is 2.13. The van der Waals surface area contributed by atoms with Crippen LogP contribution in [0.4, 0.5) is 11.5 Å². The lowest BCUT2D eigenvalue weighted by Crippen LogP contribution is -2.13. The van der Waals surface area contributed by atoms with Crippen LogP contribution in [0.25, 0.3) is 0 Å². The van der Waals surface area contributed by atoms with Crippen LogP contribution in [0.5, 0.6) is 5.88 Å². The van der Waals surface area contributed by atoms with Crippen molar-refractivity contribution in [3.8, 4) is 5.88 Å². The molecule has 20 heavy (non-hydrogen) atoms. The molecule has 0 radical (unpaired) electrons. The number of ether oxygens (including phenoxy) is 1. The maximum Gasteiger partial charge on any atom is 0.311 e. The van der Waals surface area contributed by atoms with Crippen LogP contribution in [0.1, 0.15) is 11.7 Å². The Kier molecular flexibility index (Phi) is 4.49. The Morgan fingerprint density at radius 2 is 2.35 bits per heavy atom. The van der Waals surface area contributed by atoms with E-state index in [4.69, 9.17) is 4.74 Å². The first-order chi connectivity index (χ1) is 9.61. The van der Waals surface area contributed by atoms with Crippen LogP contribution in [-0.4, -0.2) is 28.7 Å². The fourth-order valence-corrected chi connectivity index (χ4v) is 2.31. The van der Waals surface area contributed by atoms with E-state index in [9.17, 15) is 15.2 Å². The molecule has 0 aromatic carbocycles. The predicted octanol–water partition coefficient (Wildman–Crippen LogP) is 2.21. The highest BCUT2D eigenvalue weighted by molar-refractivity contribution is 7.07. The van der Waals surface area contributed by atoms with Crippen molar-refractivity contribution in [2.24, 2.45) is 0 Å². The summed E-state index contributed by atoms with van der Waals surface area (Å²) in [6, 6.07) is 4.52. The van der Waals surface area contributed by atoms with Gasteiger partial charge in [0.1, 0.15) is 0 Å². The molecule has 0 saturated heterocycles. The molecule has 2 aromatic rings. The summed E-state index contributed by atoms with van der Waals surface area (Å²) in [5.74, 6) is 0.340. The standard InChI is InChI=1S/C12H13N3O4S/c1-19-11-3-2-9(15(17)18)12(14-11)13-6-10(16)8-4-5-20-7-8/h2-5,7,10,16H,6H2,1H3,(H,13,14). The second-order valence-corrected chi connectivity index (χ2v) is 4.71. The zero-order valence-electron chi connectivity index (χ0n) is 10.6. The van der Waals surface area contributed by atoms with Gasteiger partial charge < -0.3 is 15.2 Å². The van der Waals surface area contributed by atoms with Gasteiger partial charge in [-0.1, -0.05) is 0 Å². The molecule has 2 aromatic heterocycles. The molecule has 8 heteroatoms. The Morgan fingerprint density at radius 3 is 2.95 bits per heavy atom. The van der Waals surface area contributed by atoms with Crippen LogP contribution in [-0.2, 0) is 0 Å². The molecule has 1 unspecified atom stereocenters. The number of aliphatic hydroxyl groups excluding tert-OH is 1. The highest BCUT2D eigenvalue weighted by Crippen LogP contribution is 2.26. The maximum absolute atomic E-state index is 10.9. The zero-order valence-corrected chi connectivity index (χ0v) is 11.5. The number of methoxy groups -OCH3 is 1. The van der Waals surface area contributed by atoms with E-state index in [0.29, 0.717) is 0 Å². The summed E-state index contributed by atoms with van der Waals surface area (Å²) in [6.07, 6.45) is -0.756. The van der Waals surface area contributed by atoms with E-state index in [1.807, 2.05) is 10.8 Å². The molecule has 0 aliphatic heterocycles. The van der Waals surface area contributed by atoms with Crippen molar-refractivity contribution in [3.63, 3.8) is 0 Å². The molecule has 0 fully saturated rings. The molecular weight excluding hydrogens is 282 g/mol. The topological polar surface area (TPSA) is 97.5 Å². The quantitative estimate of drug-likeness (QED) is 0.626. The molecule has 0 spiro atoms. The largest absolute Gasteiger partial charge is 0.481 e. The van der Waals surface area contributed by atoms with Gasteiger partial charge in [0.25, 0.3) is 0 Å². The van der Waals surface area contributed by atoms with E-state index in [2.05, 4.69) is 10.3 Å². The molecule has 0 bridgehead atoms. The Morgan fingerprint density at radius 1 is 1.55 bits per heavy atom. The van der Waals surface area contributed by atoms with Gasteiger partial charge in [0.2, 0.25) is 11.7 Å². The van der Waals surface area contributed by atoms with Crippen molar-refractivity contribution < 1.29 is 14.8 Å². The third-order valence-electron chi connectivity index (χ3n) is 2.65. The van der Waals surface area contributed by atoms with Gasteiger partial charge in [-0.15, -0.1) is 0 Å². The Bertz CT molecular complexity index is 588. The lowest BCUT2D eigenvalue weighted by Gasteiger charge is -2.11. The van der Waals surface area contributed by atoms with Gasteiger partial charge in [-0.25, -0.2) is 0 Å². The van der Waals surface area contributed by atoms with Crippen molar-refractivity contribution in [1.29, 1.82) is 0 Å². The van der Waals surface area contributed by atoms with Crippen molar-refractivity contribution in [2.75, 3.05) is 19.0 Å². The number of aliphatic hydroxyl groups is 1. The van der Waals surface area contributed by atoms with Gasteiger partial charge in [-0.3, -0.25) is 10.1 Å². The van der Waals surface area contributed by atoms with Crippen molar-refractivity contribution in [3.05, 3.63) is 44.6 Å². The van der Waals surface area contributed by atoms with E-state index in [1.54, 1.807) is 6.07 Å². The highest BCUT2D eigenvalue weighted by atomic mass is 32.1. The van der Waals surface area contributed by atoms with Crippen LogP contribution < -0.4 is 10.1 Å². The van der Waals surface area contributed by atoms with E-state index in [0.717, 1.165) is 5.56 Å². The van der Waals surface area contributed by atoms with Crippen molar-refractivity contribution >= 4 is 22.8 Å². The number of aromatic nitrogens is 1. The molecule has 1 atom stereocenters. The van der Waals surface area contributed by atoms with E-state index in [-0.39, 0.29) is 23.9 Å². The van der Waals surface area contributed by atoms with Crippen LogP contribution in [0.15, 0.2) is 29.0 Å². The van der Waals surface area contributed by atoms with Crippen LogP contribution in [0.3, 0.4) is 0 Å². The first-order valence-electron chi connectivity index (χ1n) is 5.75. The van der Waals surface area contributed by atoms with Crippen LogP contribution in [0.2, 0.25) is 0 Å². The zero-order chi connectivity index (χ0) is 14.5. The average molecular weight is 295 g/mol. The lowest BCUT2D eigenvalue weighted by atomic mass is 10.2. The second kappa shape index (κ2) is 6.31. The summed E-state index contributed by atoms with van der Waals surface area (Å²) in [5.41, 5.74) is 0.594. The van der Waals surface area contributed by atoms with Gasteiger partial charge in [0.05, 0.1) is 18.1 Å². The normalized spacial score (nSPS) is 11.9. The molecule has 7 nitrogen and oxygen atoms in total. The first kappa shape index (κ1) is 14.2. The number of rotatable bonds is 6. The van der Waals surface area contributed by atoms with Crippen molar-refractivity contribution in [2.45, 2.75) is 6.10 Å². The molecule has 2 rings (SSSR count). The molecule has 2 N–H and O–H groups in total. The molecule has 2 heterocycles. The van der Waals surface area contributed by atoms with Gasteiger partial charge in [-0.05, 0) is 22.4 Å². The number of pyridine rings is 1. The fraction of sp³-hybridized carbons (Fsp3) is 0.250. The summed E-state index contributed by atoms with van der Waals surface area (Å²) >= 11 is 1.47. The molecule has 0 aliphatic rings. The van der Waals surface area contributed by atoms with Crippen LogP contribution in [0, 0.1) is 10.1 Å². The lowest BCUT2D eigenvalue weighted by molar-refractivity contribution is -0.384. The fourth-order valence-electron chi connectivity index (χ4n) is 1.60. The van der Waals surface area contributed by atoms with E-state index >= 15 is 0 Å². The first-order valence-corrected chi connectivity index (χ1v) is 6.69. The molecule has 0 saturated carbocycles. The SMILES string of the molecule is COc1ccc([N+](=O)[O-])c(NCC(O)c2ccsc2)n1. The molecular formula is C12H13N3O4S. The van der Waals surface area contributed by atoms with Gasteiger partial charge in [-0.2, -0.15) is 16.3 Å². The van der Waals surface area contributed by atoms with Crippen LogP contribution >= 0.6 is 11.3 Å². The second-order valence-electron chi connectivity index (χ2n) is 3.93. The summed E-state index contributed by atoms with van der Waals surface area (Å²) in [6.45, 7) is 0.123. The third-order valence-corrected chi connectivity index (χ3v) is 3.35. The summed E-state index contributed by atoms with van der Waals surface area (Å²) in [5, 5.41) is 27.3. The van der Waals surface area contributed by atoms with Gasteiger partial charge >= 0.3 is 5.69 Å². The summed E-state index contributed by atoms with van der Waals surface area (Å²) < 4.78 is 4.93. The van der Waals surface area contributed by atoms with Gasteiger partial charge in [0, 0.05) is 18.7 Å². The number of hydrogen-bond acceptors (Lipinski definition) is 7. The number of nitrogens with zero attached hydrogens (tertiary/aromatic N) is 2. The molecule has 0 aliphatic carbocycles. The molecule has 106 valence electrons. The maximum atomic E-state index is 10.9. The van der Waals surface area contributed by atoms with E-state index in [1.165, 1.54) is 30.6 Å². The Labute approximate surface area is 119 Å². The Hall–Kier alpha value is -2.19. The third kappa shape index (κ3) is 3.22. The monoisotopic (exact) mass is 295 g/mol. The summed E-state index contributed by atoms with van der Waals surface area (Å²) in [7, 11) is 1.43. The smallest absolute Gasteiger partial charge is 0.311 e. The van der Waals surface area contributed by atoms with Crippen molar-refractivity contribution in [1.82, 2.24) is 4.98 Å². The minimum Gasteiger partial charge on any atom is -0.481 e. The van der Waals surface area contributed by atoms with Gasteiger partial charge in [0.15, 0.2) is 0 Å². The minimum atomic E-state index is -0.756. The number of thiophene rings is 1. The number of hydrogen-bond donors (Lipinski definition) is 2. The number of nitrogens with one attached hydrogen (secondary N) is 1. The number of anilines is 1. The predicted molar refractivity (Wildman–Crippen MR) is 75.2 cm³/mol. The highest BCUT2D eigenvalue weighted by Gasteiger charge is 2.17. The average Bonchev–Trinajstić information content (AvgIpc) is 2.98. The van der Waals surface area contributed by atoms with E-state index < -0.39 is 11.0 Å². The molecule has 0 amide bonds. The minimum absolute atomic E-state index is 0.0728.